The van der Waals surface area contributed by atoms with Gasteiger partial charge in [-0.1, -0.05) is 24.3 Å². The summed E-state index contributed by atoms with van der Waals surface area (Å²) in [6.45, 7) is 1.30. The van der Waals surface area contributed by atoms with Gasteiger partial charge in [0.1, 0.15) is 13.2 Å². The van der Waals surface area contributed by atoms with Gasteiger partial charge in [-0.2, -0.15) is 0 Å². The molecule has 1 aromatic heterocycles. The Morgan fingerprint density at radius 2 is 1.87 bits per heavy atom. The van der Waals surface area contributed by atoms with Gasteiger partial charge in [0.05, 0.1) is 0 Å². The van der Waals surface area contributed by atoms with Gasteiger partial charge < -0.3 is 24.5 Å². The van der Waals surface area contributed by atoms with E-state index in [1.807, 2.05) is 42.6 Å². The maximum atomic E-state index is 11.9. The Morgan fingerprint density at radius 3 is 2.77 bits per heavy atom. The molecular weight excluding hydrogens is 396 g/mol. The molecule has 0 radical (unpaired) electrons. The molecule has 3 aromatic rings. The second-order valence-electron chi connectivity index (χ2n) is 7.45. The molecule has 0 bridgehead atoms. The quantitative estimate of drug-likeness (QED) is 0.517. The molecule has 2 aromatic carbocycles. The highest BCUT2D eigenvalue weighted by atomic mass is 16.6. The lowest BCUT2D eigenvalue weighted by atomic mass is 10.1. The van der Waals surface area contributed by atoms with Gasteiger partial charge >= 0.3 is 5.97 Å². The molecule has 0 atom stereocenters. The molecule has 162 valence electrons. The van der Waals surface area contributed by atoms with Crippen LogP contribution in [-0.4, -0.2) is 43.2 Å². The molecule has 0 saturated heterocycles. The van der Waals surface area contributed by atoms with E-state index in [0.29, 0.717) is 32.6 Å². The summed E-state index contributed by atoms with van der Waals surface area (Å²) in [6, 6.07) is 13.8. The number of benzene rings is 2. The Hall–Kier alpha value is -3.48. The van der Waals surface area contributed by atoms with E-state index < -0.39 is 0 Å². The zero-order valence-electron chi connectivity index (χ0n) is 17.3. The number of aryl methyl sites for hydroxylation is 1. The van der Waals surface area contributed by atoms with E-state index in [0.717, 1.165) is 29.0 Å². The minimum atomic E-state index is -0.359. The Balaban J connectivity index is 1.12. The first-order chi connectivity index (χ1) is 15.2. The van der Waals surface area contributed by atoms with Gasteiger partial charge in [-0.25, -0.2) is 0 Å². The van der Waals surface area contributed by atoms with E-state index in [4.69, 9.17) is 14.2 Å². The molecule has 7 nitrogen and oxygen atoms in total. The third kappa shape index (κ3) is 5.57. The summed E-state index contributed by atoms with van der Waals surface area (Å²) in [4.78, 5) is 27.1. The number of fused-ring (bicyclic) bond motifs is 2. The predicted molar refractivity (Wildman–Crippen MR) is 116 cm³/mol. The number of amides is 1. The fourth-order valence-corrected chi connectivity index (χ4v) is 3.62. The van der Waals surface area contributed by atoms with E-state index in [9.17, 15) is 9.59 Å². The average molecular weight is 422 g/mol. The molecular formula is C24H26N2O5. The first-order valence-corrected chi connectivity index (χ1v) is 10.5. The lowest BCUT2D eigenvalue weighted by Crippen LogP contribution is -2.30. The smallest absolute Gasteiger partial charge is 0.306 e. The zero-order chi connectivity index (χ0) is 21.5. The third-order valence-electron chi connectivity index (χ3n) is 5.21. The van der Waals surface area contributed by atoms with Crippen LogP contribution in [0, 0.1) is 0 Å². The van der Waals surface area contributed by atoms with Crippen LogP contribution in [0.4, 0.5) is 0 Å². The molecule has 2 N–H and O–H groups in total. The van der Waals surface area contributed by atoms with Gasteiger partial charge in [0.2, 0.25) is 0 Å². The second kappa shape index (κ2) is 10.0. The maximum absolute atomic E-state index is 11.9. The number of ether oxygens (including phenoxy) is 3. The number of nitrogens with one attached hydrogen (secondary N) is 2. The van der Waals surface area contributed by atoms with Crippen LogP contribution in [0.1, 0.15) is 24.0 Å². The predicted octanol–water partition coefficient (Wildman–Crippen LogP) is 3.16. The summed E-state index contributed by atoms with van der Waals surface area (Å²) in [5.41, 5.74) is 3.31. The molecule has 1 aliphatic rings. The van der Waals surface area contributed by atoms with Crippen LogP contribution in [0.15, 0.2) is 48.7 Å². The lowest BCUT2D eigenvalue weighted by molar-refractivity contribution is -0.148. The Labute approximate surface area is 180 Å². The molecule has 0 unspecified atom stereocenters. The van der Waals surface area contributed by atoms with Crippen molar-refractivity contribution in [3.8, 4) is 11.5 Å². The molecule has 2 heterocycles. The fourth-order valence-electron chi connectivity index (χ4n) is 3.62. The molecule has 1 amide bonds. The summed E-state index contributed by atoms with van der Waals surface area (Å²) in [5.74, 6) is 0.816. The van der Waals surface area contributed by atoms with Crippen molar-refractivity contribution in [1.82, 2.24) is 10.3 Å². The van der Waals surface area contributed by atoms with Gasteiger partial charge in [0.15, 0.2) is 18.1 Å². The van der Waals surface area contributed by atoms with Crippen LogP contribution in [-0.2, 0) is 27.2 Å². The third-order valence-corrected chi connectivity index (χ3v) is 5.21. The summed E-state index contributed by atoms with van der Waals surface area (Å²) in [5, 5.41) is 3.95. The van der Waals surface area contributed by atoms with Gasteiger partial charge in [-0.05, 0) is 48.6 Å². The number of aromatic amines is 1. The monoisotopic (exact) mass is 422 g/mol. The van der Waals surface area contributed by atoms with Gasteiger partial charge in [0.25, 0.3) is 5.91 Å². The van der Waals surface area contributed by atoms with Gasteiger partial charge in [0, 0.05) is 30.1 Å². The summed E-state index contributed by atoms with van der Waals surface area (Å²) in [7, 11) is 0. The Morgan fingerprint density at radius 1 is 1.03 bits per heavy atom. The topological polar surface area (TPSA) is 89.7 Å². The molecule has 31 heavy (non-hydrogen) atoms. The van der Waals surface area contributed by atoms with E-state index >= 15 is 0 Å². The number of rotatable bonds is 9. The SMILES string of the molecule is O=C(COC(=O)CCCc1c[nH]c2ccccc12)NCCc1ccc2c(c1)OCCO2. The minimum absolute atomic E-state index is 0.257. The maximum Gasteiger partial charge on any atom is 0.306 e. The minimum Gasteiger partial charge on any atom is -0.486 e. The molecule has 0 aliphatic carbocycles. The Bertz CT molecular complexity index is 1060. The van der Waals surface area contributed by atoms with Crippen LogP contribution in [0.3, 0.4) is 0 Å². The van der Waals surface area contributed by atoms with Crippen molar-refractivity contribution in [2.45, 2.75) is 25.7 Å². The molecule has 4 rings (SSSR count). The van der Waals surface area contributed by atoms with E-state index in [-0.39, 0.29) is 24.9 Å². The van der Waals surface area contributed by atoms with E-state index in [1.165, 1.54) is 10.9 Å². The highest BCUT2D eigenvalue weighted by Gasteiger charge is 2.12. The second-order valence-corrected chi connectivity index (χ2v) is 7.45. The number of carbonyl (C=O) groups excluding carboxylic acids is 2. The molecule has 0 spiro atoms. The molecule has 0 fully saturated rings. The van der Waals surface area contributed by atoms with Crippen LogP contribution in [0.5, 0.6) is 11.5 Å². The fraction of sp³-hybridized carbons (Fsp3) is 0.333. The summed E-state index contributed by atoms with van der Waals surface area (Å²) >= 11 is 0. The highest BCUT2D eigenvalue weighted by Crippen LogP contribution is 2.30. The number of hydrogen-bond donors (Lipinski definition) is 2. The van der Waals surface area contributed by atoms with Crippen molar-refractivity contribution in [2.24, 2.45) is 0 Å². The van der Waals surface area contributed by atoms with Crippen molar-refractivity contribution in [2.75, 3.05) is 26.4 Å². The largest absolute Gasteiger partial charge is 0.486 e. The number of esters is 1. The molecule has 7 heteroatoms. The van der Waals surface area contributed by atoms with Gasteiger partial charge in [-0.15, -0.1) is 0 Å². The van der Waals surface area contributed by atoms with Crippen LogP contribution in [0.2, 0.25) is 0 Å². The zero-order valence-corrected chi connectivity index (χ0v) is 17.3. The van der Waals surface area contributed by atoms with Crippen molar-refractivity contribution < 1.29 is 23.8 Å². The number of carbonyl (C=O) groups is 2. The molecule has 0 saturated carbocycles. The van der Waals surface area contributed by atoms with Crippen LogP contribution in [0.25, 0.3) is 10.9 Å². The van der Waals surface area contributed by atoms with Crippen molar-refractivity contribution >= 4 is 22.8 Å². The van der Waals surface area contributed by atoms with Gasteiger partial charge in [-0.3, -0.25) is 9.59 Å². The van der Waals surface area contributed by atoms with Crippen molar-refractivity contribution in [3.05, 3.63) is 59.8 Å². The normalized spacial score (nSPS) is 12.5. The van der Waals surface area contributed by atoms with Crippen LogP contribution < -0.4 is 14.8 Å². The number of para-hydroxylation sites is 1. The molecule has 1 aliphatic heterocycles. The first kappa shape index (κ1) is 20.8. The highest BCUT2D eigenvalue weighted by molar-refractivity contribution is 5.83. The number of aromatic nitrogens is 1. The lowest BCUT2D eigenvalue weighted by Gasteiger charge is -2.18. The standard InChI is InChI=1S/C24H26N2O5/c27-23(25-11-10-17-8-9-21-22(14-17)30-13-12-29-21)16-31-24(28)7-3-4-18-15-26-20-6-2-1-5-19(18)20/h1-2,5-6,8-9,14-15,26H,3-4,7,10-13,16H2,(H,25,27). The van der Waals surface area contributed by atoms with Crippen molar-refractivity contribution in [3.63, 3.8) is 0 Å². The summed E-state index contributed by atoms with van der Waals surface area (Å²) in [6.07, 6.45) is 4.36. The number of hydrogen-bond acceptors (Lipinski definition) is 5. The van der Waals surface area contributed by atoms with E-state index in [2.05, 4.69) is 16.4 Å². The van der Waals surface area contributed by atoms with Crippen molar-refractivity contribution in [1.29, 1.82) is 0 Å². The van der Waals surface area contributed by atoms with Crippen LogP contribution >= 0.6 is 0 Å². The summed E-state index contributed by atoms with van der Waals surface area (Å²) < 4.78 is 16.2. The average Bonchev–Trinajstić information content (AvgIpc) is 3.21. The Kier molecular flexibility index (Phi) is 6.72. The number of H-pyrrole nitrogens is 1. The first-order valence-electron chi connectivity index (χ1n) is 10.5. The van der Waals surface area contributed by atoms with E-state index in [1.54, 1.807) is 0 Å².